The number of sulfonamides is 1. The van der Waals surface area contributed by atoms with Gasteiger partial charge in [0.2, 0.25) is 10.0 Å². The SMILES string of the molecule is COc1cc(F)c(C(=O)N2C[C@H]3CC[C@@H]2CN(S(C)(=O)=O)C3)c(F)c1. The largest absolute Gasteiger partial charge is 0.497 e. The molecule has 2 atom stereocenters. The van der Waals surface area contributed by atoms with Gasteiger partial charge in [-0.05, 0) is 18.8 Å². The van der Waals surface area contributed by atoms with Crippen LogP contribution in [0.3, 0.4) is 0 Å². The molecule has 0 N–H and O–H groups in total. The second-order valence-corrected chi connectivity index (χ2v) is 8.58. The molecule has 3 fully saturated rings. The zero-order chi connectivity index (χ0) is 18.4. The number of hydrogen-bond acceptors (Lipinski definition) is 4. The van der Waals surface area contributed by atoms with Crippen LogP contribution in [0.1, 0.15) is 23.2 Å². The van der Waals surface area contributed by atoms with Crippen molar-refractivity contribution >= 4 is 15.9 Å². The van der Waals surface area contributed by atoms with Crippen molar-refractivity contribution in [3.63, 3.8) is 0 Å². The number of methoxy groups -OCH3 is 1. The van der Waals surface area contributed by atoms with Gasteiger partial charge in [0.25, 0.3) is 5.91 Å². The molecule has 0 aromatic heterocycles. The topological polar surface area (TPSA) is 66.9 Å². The van der Waals surface area contributed by atoms with Crippen molar-refractivity contribution in [3.05, 3.63) is 29.3 Å². The summed E-state index contributed by atoms with van der Waals surface area (Å²) >= 11 is 0. The number of hydrogen-bond donors (Lipinski definition) is 0. The molecule has 1 aromatic rings. The number of piperidine rings is 1. The lowest BCUT2D eigenvalue weighted by Crippen LogP contribution is -2.48. The standard InChI is InChI=1S/C16H20F2N2O4S/c1-24-12-5-13(17)15(14(18)6-12)16(21)20-8-10-3-4-11(20)9-19(7-10)25(2,22)23/h5-6,10-11H,3-4,7-9H2,1-2H3/t10-,11+/m0/s1. The molecule has 0 aliphatic carbocycles. The zero-order valence-electron chi connectivity index (χ0n) is 14.0. The Morgan fingerprint density at radius 2 is 1.80 bits per heavy atom. The first-order valence-corrected chi connectivity index (χ1v) is 9.84. The lowest BCUT2D eigenvalue weighted by Gasteiger charge is -2.36. The fourth-order valence-corrected chi connectivity index (χ4v) is 4.50. The third-order valence-electron chi connectivity index (χ3n) is 4.88. The van der Waals surface area contributed by atoms with Gasteiger partial charge in [-0.3, -0.25) is 4.79 Å². The minimum Gasteiger partial charge on any atom is -0.497 e. The summed E-state index contributed by atoms with van der Waals surface area (Å²) in [6, 6.07) is 1.55. The molecule has 6 nitrogen and oxygen atoms in total. The van der Waals surface area contributed by atoms with Crippen LogP contribution in [0.2, 0.25) is 0 Å². The molecule has 4 rings (SSSR count). The van der Waals surface area contributed by atoms with Crippen LogP contribution in [-0.2, 0) is 10.0 Å². The average molecular weight is 374 g/mol. The van der Waals surface area contributed by atoms with Crippen LogP contribution in [0.4, 0.5) is 8.78 Å². The Kier molecular flexibility index (Phi) is 4.72. The van der Waals surface area contributed by atoms with E-state index in [1.54, 1.807) is 0 Å². The van der Waals surface area contributed by atoms with E-state index >= 15 is 0 Å². The van der Waals surface area contributed by atoms with E-state index in [1.807, 2.05) is 0 Å². The van der Waals surface area contributed by atoms with Crippen LogP contribution >= 0.6 is 0 Å². The van der Waals surface area contributed by atoms with Gasteiger partial charge in [0.15, 0.2) is 0 Å². The van der Waals surface area contributed by atoms with Crippen molar-refractivity contribution in [3.8, 4) is 5.75 Å². The molecular weight excluding hydrogens is 354 g/mol. The van der Waals surface area contributed by atoms with Crippen LogP contribution in [0.15, 0.2) is 12.1 Å². The summed E-state index contributed by atoms with van der Waals surface area (Å²) in [5.74, 6) is -2.76. The lowest BCUT2D eigenvalue weighted by atomic mass is 9.94. The first-order chi connectivity index (χ1) is 11.7. The van der Waals surface area contributed by atoms with Crippen LogP contribution < -0.4 is 4.74 Å². The molecule has 0 unspecified atom stereocenters. The maximum Gasteiger partial charge on any atom is 0.260 e. The van der Waals surface area contributed by atoms with Crippen LogP contribution in [0, 0.1) is 17.6 Å². The van der Waals surface area contributed by atoms with E-state index in [0.717, 1.165) is 24.8 Å². The predicted octanol–water partition coefficient (Wildman–Crippen LogP) is 1.47. The lowest BCUT2D eigenvalue weighted by molar-refractivity contribution is 0.0578. The van der Waals surface area contributed by atoms with Gasteiger partial charge in [-0.2, -0.15) is 4.31 Å². The molecule has 25 heavy (non-hydrogen) atoms. The van der Waals surface area contributed by atoms with Crippen molar-refractivity contribution in [1.29, 1.82) is 0 Å². The Balaban J connectivity index is 1.91. The van der Waals surface area contributed by atoms with Crippen molar-refractivity contribution in [1.82, 2.24) is 9.21 Å². The van der Waals surface area contributed by atoms with Gasteiger partial charge in [0.05, 0.1) is 13.4 Å². The normalized spacial score (nSPS) is 24.2. The molecule has 0 spiro atoms. The Hall–Kier alpha value is -1.74. The van der Waals surface area contributed by atoms with Gasteiger partial charge in [-0.15, -0.1) is 0 Å². The second kappa shape index (κ2) is 6.53. The minimum atomic E-state index is -3.38. The zero-order valence-corrected chi connectivity index (χ0v) is 14.9. The molecular formula is C16H20F2N2O4S. The molecule has 3 aliphatic heterocycles. The molecule has 0 saturated carbocycles. The highest BCUT2D eigenvalue weighted by atomic mass is 32.2. The fraction of sp³-hybridized carbons (Fsp3) is 0.562. The van der Waals surface area contributed by atoms with Crippen molar-refractivity contribution < 1.29 is 26.7 Å². The molecule has 9 heteroatoms. The van der Waals surface area contributed by atoms with Crippen LogP contribution in [0.25, 0.3) is 0 Å². The van der Waals surface area contributed by atoms with E-state index in [-0.39, 0.29) is 24.3 Å². The average Bonchev–Trinajstić information content (AvgIpc) is 2.85. The first-order valence-electron chi connectivity index (χ1n) is 8.00. The summed E-state index contributed by atoms with van der Waals surface area (Å²) in [6.45, 7) is 0.771. The Labute approximate surface area is 145 Å². The van der Waals surface area contributed by atoms with Gasteiger partial charge >= 0.3 is 0 Å². The van der Waals surface area contributed by atoms with Gasteiger partial charge in [0, 0.05) is 37.8 Å². The van der Waals surface area contributed by atoms with Gasteiger partial charge in [-0.25, -0.2) is 17.2 Å². The highest BCUT2D eigenvalue weighted by Gasteiger charge is 2.41. The Bertz CT molecular complexity index is 776. The molecule has 138 valence electrons. The minimum absolute atomic E-state index is 0.00723. The highest BCUT2D eigenvalue weighted by molar-refractivity contribution is 7.88. The second-order valence-electron chi connectivity index (χ2n) is 6.60. The maximum absolute atomic E-state index is 14.2. The highest BCUT2D eigenvalue weighted by Crippen LogP contribution is 2.31. The van der Waals surface area contributed by atoms with E-state index in [4.69, 9.17) is 4.74 Å². The number of carbonyl (C=O) groups is 1. The van der Waals surface area contributed by atoms with Gasteiger partial charge < -0.3 is 9.64 Å². The molecule has 1 amide bonds. The van der Waals surface area contributed by atoms with Crippen molar-refractivity contribution in [2.24, 2.45) is 5.92 Å². The number of halogens is 2. The van der Waals surface area contributed by atoms with E-state index < -0.39 is 33.1 Å². The molecule has 3 saturated heterocycles. The van der Waals surface area contributed by atoms with E-state index in [2.05, 4.69) is 0 Å². The smallest absolute Gasteiger partial charge is 0.260 e. The van der Waals surface area contributed by atoms with Gasteiger partial charge in [-0.1, -0.05) is 0 Å². The van der Waals surface area contributed by atoms with Crippen molar-refractivity contribution in [2.45, 2.75) is 18.9 Å². The number of nitrogens with zero attached hydrogens (tertiary/aromatic N) is 2. The summed E-state index contributed by atoms with van der Waals surface area (Å²) < 4.78 is 58.4. The third-order valence-corrected chi connectivity index (χ3v) is 6.11. The summed E-state index contributed by atoms with van der Waals surface area (Å²) in [4.78, 5) is 14.2. The Morgan fingerprint density at radius 3 is 2.36 bits per heavy atom. The number of amides is 1. The molecule has 2 bridgehead atoms. The van der Waals surface area contributed by atoms with Crippen LogP contribution in [-0.4, -0.2) is 62.6 Å². The monoisotopic (exact) mass is 374 g/mol. The molecule has 3 heterocycles. The summed E-state index contributed by atoms with van der Waals surface area (Å²) in [7, 11) is -2.10. The number of benzene rings is 1. The first kappa shape index (κ1) is 18.1. The number of ether oxygens (including phenoxy) is 1. The van der Waals surface area contributed by atoms with E-state index in [1.165, 1.54) is 16.3 Å². The molecule has 1 aromatic carbocycles. The number of fused-ring (bicyclic) bond motifs is 4. The van der Waals surface area contributed by atoms with Crippen LogP contribution in [0.5, 0.6) is 5.75 Å². The predicted molar refractivity (Wildman–Crippen MR) is 86.9 cm³/mol. The Morgan fingerprint density at radius 1 is 1.16 bits per heavy atom. The fourth-order valence-electron chi connectivity index (χ4n) is 3.57. The quantitative estimate of drug-likeness (QED) is 0.804. The maximum atomic E-state index is 14.2. The number of rotatable bonds is 3. The summed E-state index contributed by atoms with van der Waals surface area (Å²) in [5.41, 5.74) is -0.626. The molecule has 3 aliphatic rings. The number of carbonyl (C=O) groups excluding carboxylic acids is 1. The molecule has 0 radical (unpaired) electrons. The summed E-state index contributed by atoms with van der Waals surface area (Å²) in [6.07, 6.45) is 2.53. The van der Waals surface area contributed by atoms with E-state index in [0.29, 0.717) is 19.5 Å². The third kappa shape index (κ3) is 3.48. The van der Waals surface area contributed by atoms with Crippen molar-refractivity contribution in [2.75, 3.05) is 33.0 Å². The van der Waals surface area contributed by atoms with E-state index in [9.17, 15) is 22.0 Å². The summed E-state index contributed by atoms with van der Waals surface area (Å²) in [5, 5.41) is 0. The van der Waals surface area contributed by atoms with Gasteiger partial charge in [0.1, 0.15) is 22.9 Å².